The van der Waals surface area contributed by atoms with Gasteiger partial charge in [0, 0.05) is 37.7 Å². The van der Waals surface area contributed by atoms with Crippen LogP contribution in [0.2, 0.25) is 0 Å². The van der Waals surface area contributed by atoms with Crippen LogP contribution in [0.4, 0.5) is 0 Å². The number of hydrogen-bond acceptors (Lipinski definition) is 2. The van der Waals surface area contributed by atoms with Gasteiger partial charge in [0.2, 0.25) is 5.91 Å². The SMILES string of the molecule is Cc1ccc(C(=O)N2CCCN(C(=O)C3CCCC3)CC2)cc1. The molecule has 23 heavy (non-hydrogen) atoms. The van der Waals surface area contributed by atoms with Crippen molar-refractivity contribution in [1.29, 1.82) is 0 Å². The highest BCUT2D eigenvalue weighted by molar-refractivity contribution is 5.94. The highest BCUT2D eigenvalue weighted by Crippen LogP contribution is 2.27. The van der Waals surface area contributed by atoms with E-state index in [4.69, 9.17) is 0 Å². The molecule has 2 amide bonds. The van der Waals surface area contributed by atoms with E-state index >= 15 is 0 Å². The zero-order valence-corrected chi connectivity index (χ0v) is 14.0. The molecule has 1 aliphatic heterocycles. The van der Waals surface area contributed by atoms with Gasteiger partial charge in [-0.25, -0.2) is 0 Å². The zero-order valence-electron chi connectivity index (χ0n) is 14.0. The van der Waals surface area contributed by atoms with E-state index in [2.05, 4.69) is 0 Å². The van der Waals surface area contributed by atoms with Crippen molar-refractivity contribution in [2.45, 2.75) is 39.0 Å². The highest BCUT2D eigenvalue weighted by atomic mass is 16.2. The molecule has 3 rings (SSSR count). The summed E-state index contributed by atoms with van der Waals surface area (Å²) in [4.78, 5) is 29.1. The Morgan fingerprint density at radius 3 is 2.17 bits per heavy atom. The van der Waals surface area contributed by atoms with Gasteiger partial charge in [0.25, 0.3) is 5.91 Å². The topological polar surface area (TPSA) is 40.6 Å². The van der Waals surface area contributed by atoms with Gasteiger partial charge < -0.3 is 9.80 Å². The van der Waals surface area contributed by atoms with Crippen molar-refractivity contribution < 1.29 is 9.59 Å². The van der Waals surface area contributed by atoms with E-state index in [0.717, 1.165) is 43.5 Å². The zero-order chi connectivity index (χ0) is 16.2. The van der Waals surface area contributed by atoms with E-state index in [1.54, 1.807) is 0 Å². The first-order valence-corrected chi connectivity index (χ1v) is 8.80. The van der Waals surface area contributed by atoms with Crippen LogP contribution in [0.3, 0.4) is 0 Å². The van der Waals surface area contributed by atoms with Gasteiger partial charge in [0.15, 0.2) is 0 Å². The summed E-state index contributed by atoms with van der Waals surface area (Å²) in [6.45, 7) is 4.86. The second-order valence-corrected chi connectivity index (χ2v) is 6.82. The summed E-state index contributed by atoms with van der Waals surface area (Å²) in [5.74, 6) is 0.627. The summed E-state index contributed by atoms with van der Waals surface area (Å²) in [7, 11) is 0. The molecule has 2 aliphatic rings. The predicted octanol–water partition coefficient (Wildman–Crippen LogP) is 2.86. The second-order valence-electron chi connectivity index (χ2n) is 6.82. The molecule has 0 N–H and O–H groups in total. The van der Waals surface area contributed by atoms with Crippen molar-refractivity contribution in [3.63, 3.8) is 0 Å². The first-order chi connectivity index (χ1) is 11.1. The Balaban J connectivity index is 1.60. The van der Waals surface area contributed by atoms with Crippen molar-refractivity contribution in [1.82, 2.24) is 9.80 Å². The summed E-state index contributed by atoms with van der Waals surface area (Å²) in [5, 5.41) is 0. The number of hydrogen-bond donors (Lipinski definition) is 0. The number of carbonyl (C=O) groups is 2. The third kappa shape index (κ3) is 3.74. The molecule has 0 radical (unpaired) electrons. The Kier molecular flexibility index (Phi) is 4.99. The van der Waals surface area contributed by atoms with Crippen LogP contribution in [0.15, 0.2) is 24.3 Å². The van der Waals surface area contributed by atoms with Gasteiger partial charge in [-0.2, -0.15) is 0 Å². The number of rotatable bonds is 2. The molecule has 1 heterocycles. The maximum absolute atomic E-state index is 12.6. The Labute approximate surface area is 138 Å². The lowest BCUT2D eigenvalue weighted by Crippen LogP contribution is -2.39. The van der Waals surface area contributed by atoms with Crippen molar-refractivity contribution in [3.8, 4) is 0 Å². The molecule has 1 aromatic carbocycles. The molecule has 1 saturated heterocycles. The van der Waals surface area contributed by atoms with E-state index in [-0.39, 0.29) is 11.8 Å². The van der Waals surface area contributed by atoms with Crippen molar-refractivity contribution >= 4 is 11.8 Å². The van der Waals surface area contributed by atoms with Crippen LogP contribution in [0.1, 0.15) is 48.0 Å². The van der Waals surface area contributed by atoms with Gasteiger partial charge in [-0.1, -0.05) is 30.5 Å². The van der Waals surface area contributed by atoms with Crippen LogP contribution < -0.4 is 0 Å². The van der Waals surface area contributed by atoms with Crippen LogP contribution in [0, 0.1) is 12.8 Å². The Hall–Kier alpha value is -1.84. The highest BCUT2D eigenvalue weighted by Gasteiger charge is 2.29. The maximum Gasteiger partial charge on any atom is 0.253 e. The Morgan fingerprint density at radius 1 is 0.870 bits per heavy atom. The maximum atomic E-state index is 12.6. The van der Waals surface area contributed by atoms with Crippen molar-refractivity contribution in [2.24, 2.45) is 5.92 Å². The summed E-state index contributed by atoms with van der Waals surface area (Å²) in [5.41, 5.74) is 1.90. The smallest absolute Gasteiger partial charge is 0.253 e. The molecule has 0 spiro atoms. The fourth-order valence-corrected chi connectivity index (χ4v) is 3.65. The third-order valence-electron chi connectivity index (χ3n) is 5.10. The summed E-state index contributed by atoms with van der Waals surface area (Å²) in [6.07, 6.45) is 5.32. The van der Waals surface area contributed by atoms with Crippen LogP contribution in [-0.4, -0.2) is 47.8 Å². The van der Waals surface area contributed by atoms with Crippen LogP contribution in [-0.2, 0) is 4.79 Å². The van der Waals surface area contributed by atoms with Gasteiger partial charge >= 0.3 is 0 Å². The first kappa shape index (κ1) is 16.0. The molecule has 0 bridgehead atoms. The molecule has 1 aromatic rings. The van der Waals surface area contributed by atoms with Crippen molar-refractivity contribution in [3.05, 3.63) is 35.4 Å². The molecule has 0 aromatic heterocycles. The number of benzene rings is 1. The molecule has 4 nitrogen and oxygen atoms in total. The number of nitrogens with zero attached hydrogens (tertiary/aromatic N) is 2. The predicted molar refractivity (Wildman–Crippen MR) is 90.2 cm³/mol. The second kappa shape index (κ2) is 7.16. The molecule has 2 fully saturated rings. The van der Waals surface area contributed by atoms with Gasteiger partial charge in [-0.15, -0.1) is 0 Å². The average Bonchev–Trinajstić information content (AvgIpc) is 2.99. The fraction of sp³-hybridized carbons (Fsp3) is 0.579. The van der Waals surface area contributed by atoms with E-state index in [1.165, 1.54) is 12.8 Å². The molecule has 0 unspecified atom stereocenters. The van der Waals surface area contributed by atoms with Gasteiger partial charge in [-0.3, -0.25) is 9.59 Å². The lowest BCUT2D eigenvalue weighted by atomic mass is 10.1. The molecule has 1 saturated carbocycles. The van der Waals surface area contributed by atoms with Gasteiger partial charge in [0.1, 0.15) is 0 Å². The molecular weight excluding hydrogens is 288 g/mol. The van der Waals surface area contributed by atoms with Crippen molar-refractivity contribution in [2.75, 3.05) is 26.2 Å². The summed E-state index contributed by atoms with van der Waals surface area (Å²) in [6, 6.07) is 7.73. The largest absolute Gasteiger partial charge is 0.341 e. The molecule has 124 valence electrons. The Morgan fingerprint density at radius 2 is 1.48 bits per heavy atom. The number of amides is 2. The average molecular weight is 314 g/mol. The van der Waals surface area contributed by atoms with Crippen LogP contribution >= 0.6 is 0 Å². The van der Waals surface area contributed by atoms with E-state index in [0.29, 0.717) is 19.0 Å². The van der Waals surface area contributed by atoms with Gasteiger partial charge in [0.05, 0.1) is 0 Å². The lowest BCUT2D eigenvalue weighted by Gasteiger charge is -2.24. The van der Waals surface area contributed by atoms with Crippen LogP contribution in [0.25, 0.3) is 0 Å². The molecule has 0 atom stereocenters. The Bertz CT molecular complexity index is 561. The van der Waals surface area contributed by atoms with E-state index in [1.807, 2.05) is 41.0 Å². The monoisotopic (exact) mass is 314 g/mol. The standard InChI is InChI=1S/C19H26N2O2/c1-15-7-9-17(10-8-15)19(23)21-12-4-11-20(13-14-21)18(22)16-5-2-3-6-16/h7-10,16H,2-6,11-14H2,1H3. The summed E-state index contributed by atoms with van der Waals surface area (Å²) < 4.78 is 0. The molecular formula is C19H26N2O2. The van der Waals surface area contributed by atoms with Gasteiger partial charge in [-0.05, 0) is 38.3 Å². The lowest BCUT2D eigenvalue weighted by molar-refractivity contribution is -0.135. The number of carbonyl (C=O) groups excluding carboxylic acids is 2. The minimum Gasteiger partial charge on any atom is -0.341 e. The molecule has 1 aliphatic carbocycles. The van der Waals surface area contributed by atoms with Crippen LogP contribution in [0.5, 0.6) is 0 Å². The summed E-state index contributed by atoms with van der Waals surface area (Å²) >= 11 is 0. The quantitative estimate of drug-likeness (QED) is 0.842. The minimum absolute atomic E-state index is 0.0835. The normalized spacial score (nSPS) is 19.7. The number of aryl methyl sites for hydroxylation is 1. The minimum atomic E-state index is 0.0835. The van der Waals surface area contributed by atoms with E-state index < -0.39 is 0 Å². The molecule has 4 heteroatoms. The fourth-order valence-electron chi connectivity index (χ4n) is 3.65. The first-order valence-electron chi connectivity index (χ1n) is 8.80. The third-order valence-corrected chi connectivity index (χ3v) is 5.10. The van der Waals surface area contributed by atoms with E-state index in [9.17, 15) is 9.59 Å².